The molecule has 0 aliphatic heterocycles. The Morgan fingerprint density at radius 1 is 1.31 bits per heavy atom. The van der Waals surface area contributed by atoms with Crippen molar-refractivity contribution in [3.05, 3.63) is 35.9 Å². The molecule has 0 saturated carbocycles. The van der Waals surface area contributed by atoms with Crippen molar-refractivity contribution in [3.63, 3.8) is 0 Å². The first-order valence-corrected chi connectivity index (χ1v) is 4.77. The molecule has 0 bridgehead atoms. The highest BCUT2D eigenvalue weighted by molar-refractivity contribution is 6.44. The fourth-order valence-corrected chi connectivity index (χ4v) is 0.802. The van der Waals surface area contributed by atoms with Crippen LogP contribution in [0, 0.1) is 6.92 Å². The zero-order valence-electron chi connectivity index (χ0n) is 7.50. The second-order valence-corrected chi connectivity index (χ2v) is 3.73. The number of hydrazine groups is 1. The Kier molecular flexibility index (Phi) is 8.14. The van der Waals surface area contributed by atoms with E-state index in [2.05, 4.69) is 24.5 Å². The summed E-state index contributed by atoms with van der Waals surface area (Å²) in [6.07, 6.45) is 0. The van der Waals surface area contributed by atoms with Crippen LogP contribution in [0.5, 0.6) is 0 Å². The predicted octanol–water partition coefficient (Wildman–Crippen LogP) is 2.25. The lowest BCUT2D eigenvalue weighted by Gasteiger charge is -1.93. The van der Waals surface area contributed by atoms with Crippen LogP contribution in [0.25, 0.3) is 0 Å². The molecule has 74 valence electrons. The number of nitrogens with two attached hydrogens (primary N) is 1. The monoisotopic (exact) mass is 220 g/mol. The standard InChI is InChI=1S/C7H8.C2H6Cl2N2/c1-7-5-3-2-4-6-7;3-2(4)1-6-5/h2-6H,1H3;2,6H,1,5H2. The van der Waals surface area contributed by atoms with Crippen molar-refractivity contribution in [1.29, 1.82) is 0 Å². The van der Waals surface area contributed by atoms with Gasteiger partial charge in [0, 0.05) is 6.54 Å². The largest absolute Gasteiger partial charge is 0.271 e. The maximum Gasteiger partial charge on any atom is 0.121 e. The zero-order valence-corrected chi connectivity index (χ0v) is 9.02. The van der Waals surface area contributed by atoms with Crippen molar-refractivity contribution in [3.8, 4) is 0 Å². The van der Waals surface area contributed by atoms with Gasteiger partial charge in [-0.2, -0.15) is 0 Å². The normalized spacial score (nSPS) is 9.31. The van der Waals surface area contributed by atoms with E-state index < -0.39 is 4.84 Å². The van der Waals surface area contributed by atoms with Gasteiger partial charge in [0.2, 0.25) is 0 Å². The molecule has 0 aliphatic carbocycles. The Morgan fingerprint density at radius 2 is 1.85 bits per heavy atom. The van der Waals surface area contributed by atoms with E-state index in [4.69, 9.17) is 29.0 Å². The van der Waals surface area contributed by atoms with Crippen LogP contribution in [-0.2, 0) is 0 Å². The van der Waals surface area contributed by atoms with Crippen molar-refractivity contribution in [1.82, 2.24) is 5.43 Å². The van der Waals surface area contributed by atoms with Gasteiger partial charge in [-0.25, -0.2) is 0 Å². The molecule has 1 rings (SSSR count). The highest BCUT2D eigenvalue weighted by Gasteiger charge is 1.90. The van der Waals surface area contributed by atoms with Crippen LogP contribution in [0.2, 0.25) is 0 Å². The molecule has 0 radical (unpaired) electrons. The second kappa shape index (κ2) is 8.32. The van der Waals surface area contributed by atoms with Crippen molar-refractivity contribution >= 4 is 23.2 Å². The number of hydrogen-bond acceptors (Lipinski definition) is 2. The van der Waals surface area contributed by atoms with Gasteiger partial charge in [0.15, 0.2) is 0 Å². The Morgan fingerprint density at radius 3 is 2.00 bits per heavy atom. The molecule has 4 heteroatoms. The van der Waals surface area contributed by atoms with Gasteiger partial charge in [0.25, 0.3) is 0 Å². The van der Waals surface area contributed by atoms with Gasteiger partial charge in [0.05, 0.1) is 0 Å². The van der Waals surface area contributed by atoms with Crippen LogP contribution >= 0.6 is 23.2 Å². The zero-order chi connectivity index (χ0) is 10.1. The minimum Gasteiger partial charge on any atom is -0.271 e. The molecule has 0 spiro atoms. The number of alkyl halides is 2. The van der Waals surface area contributed by atoms with Crippen LogP contribution in [0.1, 0.15) is 5.56 Å². The van der Waals surface area contributed by atoms with Gasteiger partial charge in [0.1, 0.15) is 4.84 Å². The van der Waals surface area contributed by atoms with Crippen LogP contribution in [0.3, 0.4) is 0 Å². The van der Waals surface area contributed by atoms with E-state index in [-0.39, 0.29) is 0 Å². The first-order chi connectivity index (χ1) is 6.16. The number of benzene rings is 1. The van der Waals surface area contributed by atoms with Crippen LogP contribution in [-0.4, -0.2) is 11.4 Å². The molecular formula is C9H14Cl2N2. The molecule has 0 amide bonds. The average molecular weight is 221 g/mol. The molecule has 0 fully saturated rings. The summed E-state index contributed by atoms with van der Waals surface area (Å²) in [6, 6.07) is 10.3. The Hall–Kier alpha value is -0.280. The van der Waals surface area contributed by atoms with Gasteiger partial charge in [-0.05, 0) is 6.92 Å². The van der Waals surface area contributed by atoms with Gasteiger partial charge in [-0.3, -0.25) is 11.3 Å². The molecule has 1 aromatic carbocycles. The molecular weight excluding hydrogens is 207 g/mol. The van der Waals surface area contributed by atoms with Gasteiger partial charge in [-0.1, -0.05) is 35.9 Å². The molecule has 0 aromatic heterocycles. The summed E-state index contributed by atoms with van der Waals surface area (Å²) < 4.78 is 0. The molecule has 1 aromatic rings. The Labute approximate surface area is 89.0 Å². The van der Waals surface area contributed by atoms with E-state index in [0.29, 0.717) is 6.54 Å². The van der Waals surface area contributed by atoms with Gasteiger partial charge >= 0.3 is 0 Å². The lowest BCUT2D eigenvalue weighted by Crippen LogP contribution is -2.26. The van der Waals surface area contributed by atoms with E-state index in [9.17, 15) is 0 Å². The fourth-order valence-electron chi connectivity index (χ4n) is 0.623. The molecule has 0 saturated heterocycles. The van der Waals surface area contributed by atoms with Crippen LogP contribution in [0.4, 0.5) is 0 Å². The van der Waals surface area contributed by atoms with Crippen LogP contribution < -0.4 is 11.3 Å². The van der Waals surface area contributed by atoms with Gasteiger partial charge in [-0.15, -0.1) is 23.2 Å². The number of nitrogens with one attached hydrogen (secondary N) is 1. The smallest absolute Gasteiger partial charge is 0.121 e. The van der Waals surface area contributed by atoms with E-state index >= 15 is 0 Å². The molecule has 2 nitrogen and oxygen atoms in total. The summed E-state index contributed by atoms with van der Waals surface area (Å²) >= 11 is 10.4. The summed E-state index contributed by atoms with van der Waals surface area (Å²) in [7, 11) is 0. The van der Waals surface area contributed by atoms with E-state index in [0.717, 1.165) is 0 Å². The number of hydrogen-bond donors (Lipinski definition) is 2. The summed E-state index contributed by atoms with van der Waals surface area (Å²) in [6.45, 7) is 2.52. The first-order valence-electron chi connectivity index (χ1n) is 3.90. The Bertz CT molecular complexity index is 202. The third-order valence-electron chi connectivity index (χ3n) is 1.21. The molecule has 3 N–H and O–H groups in total. The third-order valence-corrected chi connectivity index (χ3v) is 1.52. The highest BCUT2D eigenvalue weighted by Crippen LogP contribution is 1.96. The summed E-state index contributed by atoms with van der Waals surface area (Å²) in [5.41, 5.74) is 3.63. The van der Waals surface area contributed by atoms with Crippen molar-refractivity contribution < 1.29 is 0 Å². The molecule has 13 heavy (non-hydrogen) atoms. The lowest BCUT2D eigenvalue weighted by atomic mass is 10.2. The predicted molar refractivity (Wildman–Crippen MR) is 58.9 cm³/mol. The molecule has 0 aliphatic rings. The topological polar surface area (TPSA) is 38.0 Å². The van der Waals surface area contributed by atoms with E-state index in [1.54, 1.807) is 0 Å². The summed E-state index contributed by atoms with van der Waals surface area (Å²) in [4.78, 5) is -0.394. The molecule has 0 heterocycles. The number of rotatable bonds is 2. The number of halogens is 2. The number of aryl methyl sites for hydroxylation is 1. The van der Waals surface area contributed by atoms with E-state index in [1.807, 2.05) is 18.2 Å². The second-order valence-electron chi connectivity index (χ2n) is 2.45. The lowest BCUT2D eigenvalue weighted by molar-refractivity contribution is 0.766. The third kappa shape index (κ3) is 9.64. The minimum atomic E-state index is -0.394. The first kappa shape index (κ1) is 12.7. The average Bonchev–Trinajstić information content (AvgIpc) is 2.06. The van der Waals surface area contributed by atoms with Crippen molar-refractivity contribution in [2.75, 3.05) is 6.54 Å². The van der Waals surface area contributed by atoms with Crippen molar-refractivity contribution in [2.45, 2.75) is 11.8 Å². The van der Waals surface area contributed by atoms with E-state index in [1.165, 1.54) is 5.56 Å². The van der Waals surface area contributed by atoms with Crippen molar-refractivity contribution in [2.24, 2.45) is 5.84 Å². The molecule has 0 unspecified atom stereocenters. The summed E-state index contributed by atoms with van der Waals surface area (Å²) in [5, 5.41) is 0. The summed E-state index contributed by atoms with van der Waals surface area (Å²) in [5.74, 6) is 4.81. The maximum atomic E-state index is 5.20. The SMILES string of the molecule is Cc1ccccc1.NNCC(Cl)Cl. The quantitative estimate of drug-likeness (QED) is 0.456. The molecule has 0 atom stereocenters. The Balaban J connectivity index is 0.000000226. The van der Waals surface area contributed by atoms with Crippen LogP contribution in [0.15, 0.2) is 30.3 Å². The fraction of sp³-hybridized carbons (Fsp3) is 0.333. The minimum absolute atomic E-state index is 0.394. The van der Waals surface area contributed by atoms with Gasteiger partial charge < -0.3 is 0 Å². The maximum absolute atomic E-state index is 5.20. The highest BCUT2D eigenvalue weighted by atomic mass is 35.5.